The first-order valence-corrected chi connectivity index (χ1v) is 12.6. The number of benzene rings is 2. The van der Waals surface area contributed by atoms with Gasteiger partial charge in [0.05, 0.1) is 16.8 Å². The molecule has 1 aromatic heterocycles. The Hall–Kier alpha value is -3.85. The van der Waals surface area contributed by atoms with Crippen molar-refractivity contribution >= 4 is 34.1 Å². The van der Waals surface area contributed by atoms with Gasteiger partial charge in [-0.3, -0.25) is 9.80 Å². The van der Waals surface area contributed by atoms with Gasteiger partial charge in [0.2, 0.25) is 0 Å². The molecule has 0 unspecified atom stereocenters. The number of aromatic nitrogens is 1. The van der Waals surface area contributed by atoms with Gasteiger partial charge in [-0.05, 0) is 24.0 Å². The highest BCUT2D eigenvalue weighted by Crippen LogP contribution is 2.50. The average molecular weight is 502 g/mol. The Kier molecular flexibility index (Phi) is 5.31. The first kappa shape index (κ1) is 23.5. The lowest BCUT2D eigenvalue weighted by Gasteiger charge is -2.48. The van der Waals surface area contributed by atoms with E-state index in [-0.39, 0.29) is 17.3 Å². The van der Waals surface area contributed by atoms with E-state index in [2.05, 4.69) is 35.8 Å². The third-order valence-electron chi connectivity index (χ3n) is 8.26. The van der Waals surface area contributed by atoms with Crippen molar-refractivity contribution in [2.24, 2.45) is 15.6 Å². The lowest BCUT2D eigenvalue weighted by Crippen LogP contribution is -2.61. The van der Waals surface area contributed by atoms with Gasteiger partial charge < -0.3 is 20.0 Å². The fourth-order valence-electron chi connectivity index (χ4n) is 6.26. The van der Waals surface area contributed by atoms with Crippen LogP contribution in [0.25, 0.3) is 10.9 Å². The molecule has 9 heteroatoms. The van der Waals surface area contributed by atoms with E-state index in [4.69, 9.17) is 9.83 Å². The van der Waals surface area contributed by atoms with Gasteiger partial charge in [-0.15, -0.1) is 0 Å². The molecular weight excluding hydrogens is 470 g/mol. The normalized spacial score (nSPS) is 24.2. The molecule has 37 heavy (non-hydrogen) atoms. The summed E-state index contributed by atoms with van der Waals surface area (Å²) in [6.45, 7) is 8.58. The molecule has 0 saturated carbocycles. The van der Waals surface area contributed by atoms with E-state index < -0.39 is 11.6 Å². The molecule has 4 heterocycles. The number of likely N-dealkylation sites (tertiary alicyclic amines) is 2. The third kappa shape index (κ3) is 3.60. The number of carbonyl (C=O) groups is 1. The van der Waals surface area contributed by atoms with Crippen LogP contribution in [0.4, 0.5) is 10.5 Å². The zero-order valence-corrected chi connectivity index (χ0v) is 21.2. The van der Waals surface area contributed by atoms with E-state index in [0.717, 1.165) is 28.6 Å². The van der Waals surface area contributed by atoms with Crippen LogP contribution in [0.3, 0.4) is 0 Å². The first-order valence-electron chi connectivity index (χ1n) is 12.6. The number of nitrogens with zero attached hydrogens (tertiary/aromatic N) is 4. The molecular formula is C28H31N5O4. The Labute approximate surface area is 215 Å². The van der Waals surface area contributed by atoms with Crippen molar-refractivity contribution in [1.82, 2.24) is 14.8 Å². The van der Waals surface area contributed by atoms with E-state index in [9.17, 15) is 15.0 Å². The largest absolute Gasteiger partial charge is 0.494 e. The van der Waals surface area contributed by atoms with E-state index in [0.29, 0.717) is 43.2 Å². The van der Waals surface area contributed by atoms with Gasteiger partial charge in [-0.1, -0.05) is 62.3 Å². The van der Waals surface area contributed by atoms with Crippen molar-refractivity contribution in [2.75, 3.05) is 26.2 Å². The average Bonchev–Trinajstić information content (AvgIpc) is 3.60. The smallest absolute Gasteiger partial charge is 0.407 e. The summed E-state index contributed by atoms with van der Waals surface area (Å²) >= 11 is 0. The Morgan fingerprint density at radius 2 is 1.97 bits per heavy atom. The summed E-state index contributed by atoms with van der Waals surface area (Å²) in [5, 5.41) is 25.9. The molecule has 0 radical (unpaired) electrons. The Bertz CT molecular complexity index is 1450. The first-order chi connectivity index (χ1) is 17.7. The van der Waals surface area contributed by atoms with Gasteiger partial charge in [0, 0.05) is 42.1 Å². The van der Waals surface area contributed by atoms with Crippen LogP contribution in [0.15, 0.2) is 58.7 Å². The van der Waals surface area contributed by atoms with Crippen LogP contribution in [0.1, 0.15) is 38.3 Å². The molecule has 0 aliphatic carbocycles. The molecule has 192 valence electrons. The zero-order chi connectivity index (χ0) is 25.9. The molecule has 0 spiro atoms. The number of carboxylic acid groups (broad SMARTS) is 1. The molecule has 6 rings (SSSR count). The molecule has 3 N–H and O–H groups in total. The highest BCUT2D eigenvalue weighted by Gasteiger charge is 2.61. The third-order valence-corrected chi connectivity index (χ3v) is 8.26. The summed E-state index contributed by atoms with van der Waals surface area (Å²) in [6, 6.07) is 15.6. The van der Waals surface area contributed by atoms with Crippen LogP contribution in [0, 0.1) is 5.41 Å². The van der Waals surface area contributed by atoms with E-state index in [1.807, 2.05) is 48.5 Å². The van der Waals surface area contributed by atoms with Crippen LogP contribution in [0.2, 0.25) is 0 Å². The fourth-order valence-corrected chi connectivity index (χ4v) is 6.26. The molecule has 2 bridgehead atoms. The Balaban J connectivity index is 1.22. The predicted octanol–water partition coefficient (Wildman–Crippen LogP) is 4.58. The van der Waals surface area contributed by atoms with Crippen molar-refractivity contribution in [3.8, 4) is 5.88 Å². The van der Waals surface area contributed by atoms with Crippen molar-refractivity contribution in [3.05, 3.63) is 59.7 Å². The van der Waals surface area contributed by atoms with Gasteiger partial charge in [-0.2, -0.15) is 0 Å². The van der Waals surface area contributed by atoms with Crippen LogP contribution in [-0.2, 0) is 4.84 Å². The summed E-state index contributed by atoms with van der Waals surface area (Å²) in [6.07, 6.45) is -0.00610. The second-order valence-corrected chi connectivity index (χ2v) is 11.1. The second kappa shape index (κ2) is 8.34. The molecule has 1 amide bonds. The summed E-state index contributed by atoms with van der Waals surface area (Å²) in [4.78, 5) is 29.6. The topological polar surface area (TPSA) is 114 Å². The van der Waals surface area contributed by atoms with Crippen LogP contribution in [0.5, 0.6) is 5.88 Å². The number of rotatable bonds is 5. The van der Waals surface area contributed by atoms with Crippen LogP contribution < -0.4 is 0 Å². The number of hydrogen-bond acceptors (Lipinski definition) is 6. The quantitative estimate of drug-likeness (QED) is 0.350. The van der Waals surface area contributed by atoms with Gasteiger partial charge >= 0.3 is 6.09 Å². The number of aromatic amines is 1. The minimum Gasteiger partial charge on any atom is -0.494 e. The van der Waals surface area contributed by atoms with Crippen molar-refractivity contribution < 1.29 is 19.8 Å². The van der Waals surface area contributed by atoms with Gasteiger partial charge in [0.1, 0.15) is 18.0 Å². The number of aromatic hydroxyl groups is 1. The van der Waals surface area contributed by atoms with Crippen molar-refractivity contribution in [1.29, 1.82) is 0 Å². The lowest BCUT2D eigenvalue weighted by atomic mass is 9.73. The maximum atomic E-state index is 11.9. The molecule has 9 nitrogen and oxygen atoms in total. The molecule has 3 aromatic rings. The van der Waals surface area contributed by atoms with Gasteiger partial charge in [0.25, 0.3) is 0 Å². The monoisotopic (exact) mass is 501 g/mol. The summed E-state index contributed by atoms with van der Waals surface area (Å²) < 4.78 is 0. The van der Waals surface area contributed by atoms with E-state index in [1.165, 1.54) is 0 Å². The zero-order valence-electron chi connectivity index (χ0n) is 21.2. The summed E-state index contributed by atoms with van der Waals surface area (Å²) in [5.74, 6) is 0.0454. The number of piperazine rings is 1. The number of H-pyrrole nitrogens is 1. The van der Waals surface area contributed by atoms with E-state index in [1.54, 1.807) is 4.90 Å². The fraction of sp³-hybridized carbons (Fsp3) is 0.393. The SMILES string of the molecule is CC(C)(C)[C@@]12C[C@H](CN1C(=O)O)N(CCO/N=C1/C(c3c(O)[nH]c4ccccc34)=Nc3ccccc31)C2. The number of para-hydroxylation sites is 2. The molecule has 3 aliphatic rings. The number of oxime groups is 1. The number of nitrogens with one attached hydrogen (secondary N) is 1. The Morgan fingerprint density at radius 3 is 2.76 bits per heavy atom. The predicted molar refractivity (Wildman–Crippen MR) is 142 cm³/mol. The molecule has 3 aliphatic heterocycles. The number of hydrogen-bond donors (Lipinski definition) is 3. The Morgan fingerprint density at radius 1 is 1.22 bits per heavy atom. The number of amides is 1. The van der Waals surface area contributed by atoms with Crippen molar-refractivity contribution in [2.45, 2.75) is 38.8 Å². The number of aliphatic imine (C=N–C) groups is 1. The van der Waals surface area contributed by atoms with E-state index >= 15 is 0 Å². The molecule has 2 atom stereocenters. The lowest BCUT2D eigenvalue weighted by molar-refractivity contribution is -0.00398. The molecule has 2 fully saturated rings. The maximum Gasteiger partial charge on any atom is 0.407 e. The minimum absolute atomic E-state index is 0.0454. The summed E-state index contributed by atoms with van der Waals surface area (Å²) in [5.41, 5.74) is 3.64. The minimum atomic E-state index is -0.841. The molecule has 2 saturated heterocycles. The maximum absolute atomic E-state index is 11.9. The highest BCUT2D eigenvalue weighted by atomic mass is 16.6. The number of fused-ring (bicyclic) bond motifs is 4. The van der Waals surface area contributed by atoms with Crippen LogP contribution in [-0.4, -0.2) is 80.3 Å². The van der Waals surface area contributed by atoms with Gasteiger partial charge in [0.15, 0.2) is 5.88 Å². The molecule has 2 aromatic carbocycles. The standard InChI is InChI=1S/C28H31N5O4/c1-27(2,3)28-14-17(15-33(28)26(35)36)32(16-28)12-13-37-31-23-19-9-5-7-11-21(19)29-24(23)22-18-8-4-6-10-20(18)30-25(22)34/h4-11,17,30,34H,12-16H2,1-3H3,(H,35,36)/b31-23+/t17-,28+/m1/s1. The van der Waals surface area contributed by atoms with Crippen molar-refractivity contribution in [3.63, 3.8) is 0 Å². The van der Waals surface area contributed by atoms with Gasteiger partial charge in [-0.25, -0.2) is 9.79 Å². The highest BCUT2D eigenvalue weighted by molar-refractivity contribution is 6.58. The van der Waals surface area contributed by atoms with Crippen LogP contribution >= 0.6 is 0 Å². The second-order valence-electron chi connectivity index (χ2n) is 11.1. The summed E-state index contributed by atoms with van der Waals surface area (Å²) in [7, 11) is 0.